The summed E-state index contributed by atoms with van der Waals surface area (Å²) in [5.74, 6) is 0. The summed E-state index contributed by atoms with van der Waals surface area (Å²) in [7, 11) is -4.64. The van der Waals surface area contributed by atoms with E-state index in [1.54, 1.807) is 0 Å². The predicted molar refractivity (Wildman–Crippen MR) is 41.3 cm³/mol. The normalized spacial score (nSPS) is 6.56. The number of hydrogen-bond donors (Lipinski definition) is 3. The molecule has 0 fully saturated rings. The van der Waals surface area contributed by atoms with Crippen LogP contribution >= 0.6 is 7.82 Å². The second-order valence-corrected chi connectivity index (χ2v) is 1.54. The van der Waals surface area contributed by atoms with E-state index in [0.29, 0.717) is 0 Å². The summed E-state index contributed by atoms with van der Waals surface area (Å²) in [4.78, 5) is 21.6. The summed E-state index contributed by atoms with van der Waals surface area (Å²) in [6.45, 7) is 0. The molecule has 9 heteroatoms. The maximum Gasteiger partial charge on any atom is 0 e. The monoisotopic (exact) mass is 324 g/mol. The second-order valence-electron chi connectivity index (χ2n) is 0.513. The summed E-state index contributed by atoms with van der Waals surface area (Å²) in [5, 5.41) is 0. The fraction of sp³-hybridized carbons (Fsp3) is 0. The zero-order chi connectivity index (χ0) is 4.50. The van der Waals surface area contributed by atoms with E-state index in [0.717, 1.165) is 0 Å². The van der Waals surface area contributed by atoms with Crippen LogP contribution in [0.4, 0.5) is 0 Å². The Morgan fingerprint density at radius 1 is 1.11 bits per heavy atom. The van der Waals surface area contributed by atoms with Gasteiger partial charge in [0, 0.05) is 19.5 Å². The number of hydrogen-bond acceptors (Lipinski definition) is 1. The van der Waals surface area contributed by atoms with Crippen molar-refractivity contribution in [3.05, 3.63) is 0 Å². The number of rotatable bonds is 0. The average Bonchev–Trinajstić information content (AvgIpc) is 0.722. The Labute approximate surface area is 144 Å². The fourth-order valence-electron chi connectivity index (χ4n) is 0. The summed E-state index contributed by atoms with van der Waals surface area (Å²) < 4.78 is 8.88. The van der Waals surface area contributed by atoms with Gasteiger partial charge in [0.1, 0.15) is 0 Å². The van der Waals surface area contributed by atoms with Crippen LogP contribution in [0.3, 0.4) is 0 Å². The molecule has 9 heavy (non-hydrogen) atoms. The topological polar surface area (TPSA) is 77.8 Å². The van der Waals surface area contributed by atoms with Gasteiger partial charge in [0.2, 0.25) is 0 Å². The van der Waals surface area contributed by atoms with Crippen molar-refractivity contribution in [3.8, 4) is 0 Å². The molecule has 0 rings (SSSR count). The molecule has 3 N–H and O–H groups in total. The third-order valence-corrected chi connectivity index (χ3v) is 0. The average molecular weight is 325 g/mol. The van der Waals surface area contributed by atoms with Crippen molar-refractivity contribution >= 4 is 108 Å². The largest absolute Gasteiger partial charge is 0 e. The first kappa shape index (κ1) is 29.2. The van der Waals surface area contributed by atoms with Crippen molar-refractivity contribution in [1.29, 1.82) is 0 Å². The van der Waals surface area contributed by atoms with E-state index in [-0.39, 0.29) is 120 Å². The van der Waals surface area contributed by atoms with Crippen LogP contribution in [-0.4, -0.2) is 115 Å². The molecule has 0 unspecified atom stereocenters. The summed E-state index contributed by atoms with van der Waals surface area (Å²) in [6.07, 6.45) is 0. The Kier molecular flexibility index (Phi) is 47.2. The van der Waals surface area contributed by atoms with E-state index in [4.69, 9.17) is 19.2 Å². The molecule has 0 aromatic carbocycles. The first-order valence-electron chi connectivity index (χ1n) is 0.783. The summed E-state index contributed by atoms with van der Waals surface area (Å²) in [6, 6.07) is 0. The van der Waals surface area contributed by atoms with Gasteiger partial charge in [0.25, 0.3) is 0 Å². The molecule has 0 aromatic rings. The second kappa shape index (κ2) is 14.5. The van der Waals surface area contributed by atoms with Crippen LogP contribution in [0, 0.1) is 0 Å². The van der Waals surface area contributed by atoms with E-state index in [1.165, 1.54) is 0 Å². The van der Waals surface area contributed by atoms with Crippen molar-refractivity contribution in [2.24, 2.45) is 0 Å². The molecule has 48 valence electrons. The Balaban J connectivity index is -0.0000000133. The molecular formula is H10AlCaO4PSrZn. The van der Waals surface area contributed by atoms with Crippen molar-refractivity contribution in [2.75, 3.05) is 0 Å². The zero-order valence-corrected chi connectivity index (χ0v) is 6.77. The molecule has 4 nitrogen and oxygen atoms in total. The van der Waals surface area contributed by atoms with Crippen LogP contribution in [0.25, 0.3) is 0 Å². The molecule has 0 bridgehead atoms. The van der Waals surface area contributed by atoms with Crippen LogP contribution in [0.1, 0.15) is 0 Å². The first-order chi connectivity index (χ1) is 2.00. The SMILES string of the molecule is O=P(O)(O)O.[AlH3].[CaH2].[SrH2].[Zn]. The van der Waals surface area contributed by atoms with Crippen LogP contribution in [0.2, 0.25) is 0 Å². The standard InChI is InChI=1S/Al.Ca.H3O4P.Sr.Zn.7H/c;;1-5(2,3)4;;;;;;;;;/h;;(H3,1,2,3,4);;;;;;;;;. The van der Waals surface area contributed by atoms with Gasteiger partial charge in [-0.1, -0.05) is 0 Å². The molecule has 0 aromatic heterocycles. The van der Waals surface area contributed by atoms with E-state index in [9.17, 15) is 0 Å². The van der Waals surface area contributed by atoms with Gasteiger partial charge in [-0.25, -0.2) is 4.57 Å². The summed E-state index contributed by atoms with van der Waals surface area (Å²) >= 11 is 0. The van der Waals surface area contributed by atoms with Gasteiger partial charge in [0.15, 0.2) is 17.4 Å². The number of phosphoric acid groups is 1. The van der Waals surface area contributed by atoms with Gasteiger partial charge in [-0.2, -0.15) is 0 Å². The van der Waals surface area contributed by atoms with Gasteiger partial charge < -0.3 is 14.7 Å². The molecule has 0 aliphatic rings. The molecule has 0 saturated carbocycles. The Morgan fingerprint density at radius 3 is 1.11 bits per heavy atom. The molecule has 0 aliphatic heterocycles. The van der Waals surface area contributed by atoms with Crippen LogP contribution in [0.5, 0.6) is 0 Å². The Morgan fingerprint density at radius 2 is 1.11 bits per heavy atom. The van der Waals surface area contributed by atoms with Gasteiger partial charge in [-0.3, -0.25) is 0 Å². The van der Waals surface area contributed by atoms with E-state index < -0.39 is 7.82 Å². The molecular weight excluding hydrogens is 315 g/mol. The van der Waals surface area contributed by atoms with E-state index >= 15 is 0 Å². The fourth-order valence-corrected chi connectivity index (χ4v) is 0. The van der Waals surface area contributed by atoms with E-state index in [1.807, 2.05) is 0 Å². The minimum absolute atomic E-state index is 0. The molecule has 0 aliphatic carbocycles. The van der Waals surface area contributed by atoms with E-state index in [2.05, 4.69) is 0 Å². The summed E-state index contributed by atoms with van der Waals surface area (Å²) in [5.41, 5.74) is 0. The van der Waals surface area contributed by atoms with Crippen molar-refractivity contribution in [3.63, 3.8) is 0 Å². The third-order valence-electron chi connectivity index (χ3n) is 0. The van der Waals surface area contributed by atoms with Crippen LogP contribution in [0.15, 0.2) is 0 Å². The van der Waals surface area contributed by atoms with Crippen molar-refractivity contribution in [2.45, 2.75) is 0 Å². The van der Waals surface area contributed by atoms with Gasteiger partial charge >= 0.3 is 91.0 Å². The zero-order valence-electron chi connectivity index (χ0n) is 2.90. The Bertz CT molecular complexity index is 66.7. The molecule has 0 saturated heterocycles. The van der Waals surface area contributed by atoms with Crippen molar-refractivity contribution in [1.82, 2.24) is 0 Å². The van der Waals surface area contributed by atoms with Gasteiger partial charge in [0.05, 0.1) is 0 Å². The minimum atomic E-state index is -4.64. The molecule has 0 spiro atoms. The van der Waals surface area contributed by atoms with Crippen LogP contribution in [-0.2, 0) is 24.0 Å². The van der Waals surface area contributed by atoms with Crippen molar-refractivity contribution < 1.29 is 38.7 Å². The minimum Gasteiger partial charge on any atom is 0 e. The predicted octanol–water partition coefficient (Wildman–Crippen LogP) is -3.95. The molecule has 0 heterocycles. The quantitative estimate of drug-likeness (QED) is 0.314. The van der Waals surface area contributed by atoms with Gasteiger partial charge in [-0.15, -0.1) is 0 Å². The maximum absolute atomic E-state index is 8.88. The van der Waals surface area contributed by atoms with Crippen LogP contribution < -0.4 is 0 Å². The maximum atomic E-state index is 8.88. The molecule has 0 atom stereocenters. The first-order valence-corrected chi connectivity index (χ1v) is 2.35. The van der Waals surface area contributed by atoms with Gasteiger partial charge in [-0.05, 0) is 0 Å². The Hall–Kier alpha value is 4.01. The molecule has 0 radical (unpaired) electrons. The third kappa shape index (κ3) is 74.9. The molecule has 0 amide bonds. The smallest absolute Gasteiger partial charge is 0 e.